The number of carbonyl (C=O) groups is 2. The van der Waals surface area contributed by atoms with Gasteiger partial charge in [0.25, 0.3) is 5.91 Å². The minimum Gasteiger partial charge on any atom is -0.481 e. The number of carboxylic acid groups (broad SMARTS) is 1. The lowest BCUT2D eigenvalue weighted by atomic mass is 10.2. The number of aromatic carboxylic acids is 1. The number of nitrogens with one attached hydrogen (secondary N) is 1. The molecule has 1 atom stereocenters. The highest BCUT2D eigenvalue weighted by Gasteiger charge is 2.17. The van der Waals surface area contributed by atoms with Crippen LogP contribution in [-0.2, 0) is 11.3 Å². The fourth-order valence-electron chi connectivity index (χ4n) is 1.93. The van der Waals surface area contributed by atoms with Gasteiger partial charge in [0.1, 0.15) is 22.8 Å². The number of aryl methyl sites for hydroxylation is 1. The zero-order valence-electron chi connectivity index (χ0n) is 12.6. The Morgan fingerprint density at radius 2 is 2.00 bits per heavy atom. The number of amides is 1. The maximum absolute atomic E-state index is 12.0. The Bertz CT molecular complexity index is 708. The smallest absolute Gasteiger partial charge is 0.339 e. The fraction of sp³-hybridized carbons (Fsp3) is 0.250. The van der Waals surface area contributed by atoms with Crippen LogP contribution >= 0.6 is 15.9 Å². The lowest BCUT2D eigenvalue weighted by Gasteiger charge is -2.14. The highest BCUT2D eigenvalue weighted by atomic mass is 79.9. The number of rotatable bonds is 6. The molecule has 0 aliphatic rings. The molecule has 1 amide bonds. The Balaban J connectivity index is 1.90. The molecule has 7 heteroatoms. The van der Waals surface area contributed by atoms with Crippen LogP contribution < -0.4 is 10.1 Å². The van der Waals surface area contributed by atoms with Crippen LogP contribution in [0.3, 0.4) is 0 Å². The Labute approximate surface area is 141 Å². The fourth-order valence-corrected chi connectivity index (χ4v) is 2.20. The van der Waals surface area contributed by atoms with E-state index in [1.807, 2.05) is 12.1 Å². The van der Waals surface area contributed by atoms with Crippen molar-refractivity contribution in [1.29, 1.82) is 0 Å². The molecule has 2 rings (SSSR count). The zero-order chi connectivity index (χ0) is 17.0. The van der Waals surface area contributed by atoms with Gasteiger partial charge in [0.05, 0.1) is 6.54 Å². The van der Waals surface area contributed by atoms with Gasteiger partial charge in [-0.15, -0.1) is 0 Å². The van der Waals surface area contributed by atoms with Crippen molar-refractivity contribution in [2.75, 3.05) is 0 Å². The van der Waals surface area contributed by atoms with Crippen molar-refractivity contribution in [2.24, 2.45) is 0 Å². The molecule has 122 valence electrons. The summed E-state index contributed by atoms with van der Waals surface area (Å²) in [7, 11) is 0. The first-order valence-electron chi connectivity index (χ1n) is 6.89. The minimum atomic E-state index is -1.06. The monoisotopic (exact) mass is 381 g/mol. The molecular formula is C16H16BrNO5. The molecule has 0 aliphatic heterocycles. The summed E-state index contributed by atoms with van der Waals surface area (Å²) in [4.78, 5) is 22.9. The predicted molar refractivity (Wildman–Crippen MR) is 86.5 cm³/mol. The molecule has 1 aromatic heterocycles. The van der Waals surface area contributed by atoms with Gasteiger partial charge in [-0.3, -0.25) is 4.79 Å². The van der Waals surface area contributed by atoms with Gasteiger partial charge in [-0.05, 0) is 44.2 Å². The average molecular weight is 382 g/mol. The third-order valence-electron chi connectivity index (χ3n) is 3.13. The van der Waals surface area contributed by atoms with Gasteiger partial charge in [0.2, 0.25) is 0 Å². The lowest BCUT2D eigenvalue weighted by molar-refractivity contribution is -0.127. The average Bonchev–Trinajstić information content (AvgIpc) is 2.88. The topological polar surface area (TPSA) is 88.8 Å². The molecule has 1 unspecified atom stereocenters. The first-order chi connectivity index (χ1) is 10.9. The molecule has 1 aromatic carbocycles. The highest BCUT2D eigenvalue weighted by Crippen LogP contribution is 2.18. The van der Waals surface area contributed by atoms with Gasteiger partial charge in [-0.1, -0.05) is 15.9 Å². The zero-order valence-corrected chi connectivity index (χ0v) is 14.2. The van der Waals surface area contributed by atoms with E-state index in [1.54, 1.807) is 26.0 Å². The molecular weight excluding hydrogens is 366 g/mol. The summed E-state index contributed by atoms with van der Waals surface area (Å²) in [6, 6.07) is 8.54. The van der Waals surface area contributed by atoms with Crippen molar-refractivity contribution in [2.45, 2.75) is 26.5 Å². The number of ether oxygens (including phenoxy) is 1. The predicted octanol–water partition coefficient (Wildman–Crippen LogP) is 3.13. The van der Waals surface area contributed by atoms with E-state index in [1.165, 1.54) is 6.07 Å². The lowest BCUT2D eigenvalue weighted by Crippen LogP contribution is -2.35. The first kappa shape index (κ1) is 17.1. The van der Waals surface area contributed by atoms with E-state index < -0.39 is 12.1 Å². The second-order valence-electron chi connectivity index (χ2n) is 4.92. The molecule has 0 saturated heterocycles. The maximum Gasteiger partial charge on any atom is 0.339 e. The molecule has 0 aliphatic carbocycles. The van der Waals surface area contributed by atoms with Crippen LogP contribution in [0.25, 0.3) is 0 Å². The maximum atomic E-state index is 12.0. The molecule has 0 spiro atoms. The Hall–Kier alpha value is -2.28. The molecule has 2 aromatic rings. The van der Waals surface area contributed by atoms with Gasteiger partial charge in [-0.25, -0.2) is 4.79 Å². The first-order valence-corrected chi connectivity index (χ1v) is 7.68. The van der Waals surface area contributed by atoms with Crippen LogP contribution in [0.15, 0.2) is 39.2 Å². The third kappa shape index (κ3) is 4.59. The number of halogens is 1. The van der Waals surface area contributed by atoms with Crippen molar-refractivity contribution in [3.05, 3.63) is 51.9 Å². The molecule has 0 radical (unpaired) electrons. The number of furan rings is 1. The second kappa shape index (κ2) is 7.32. The summed E-state index contributed by atoms with van der Waals surface area (Å²) in [6.45, 7) is 3.29. The Morgan fingerprint density at radius 1 is 1.35 bits per heavy atom. The van der Waals surface area contributed by atoms with Crippen LogP contribution in [0.4, 0.5) is 0 Å². The van der Waals surface area contributed by atoms with Crippen molar-refractivity contribution in [1.82, 2.24) is 5.32 Å². The van der Waals surface area contributed by atoms with Crippen LogP contribution in [0.1, 0.15) is 28.8 Å². The van der Waals surface area contributed by atoms with E-state index in [0.29, 0.717) is 17.3 Å². The molecule has 23 heavy (non-hydrogen) atoms. The van der Waals surface area contributed by atoms with Crippen LogP contribution in [0.5, 0.6) is 5.75 Å². The van der Waals surface area contributed by atoms with Crippen LogP contribution in [-0.4, -0.2) is 23.1 Å². The Morgan fingerprint density at radius 3 is 2.57 bits per heavy atom. The van der Waals surface area contributed by atoms with Crippen molar-refractivity contribution in [3.63, 3.8) is 0 Å². The van der Waals surface area contributed by atoms with Crippen molar-refractivity contribution >= 4 is 27.8 Å². The number of hydrogen-bond donors (Lipinski definition) is 2. The molecule has 2 N–H and O–H groups in total. The normalized spacial score (nSPS) is 11.8. The van der Waals surface area contributed by atoms with Crippen LogP contribution in [0.2, 0.25) is 0 Å². The van der Waals surface area contributed by atoms with E-state index in [-0.39, 0.29) is 18.0 Å². The Kier molecular flexibility index (Phi) is 5.44. The van der Waals surface area contributed by atoms with Gasteiger partial charge >= 0.3 is 5.97 Å². The number of carbonyl (C=O) groups excluding carboxylic acids is 1. The molecule has 1 heterocycles. The van der Waals surface area contributed by atoms with Crippen molar-refractivity contribution in [3.8, 4) is 5.75 Å². The number of hydrogen-bond acceptors (Lipinski definition) is 4. The minimum absolute atomic E-state index is 0.0911. The molecule has 0 saturated carbocycles. The standard InChI is InChI=1S/C16H16BrNO5/c1-9-14(16(20)21)7-13(22-9)8-18-15(19)10(2)23-12-5-3-11(17)4-6-12/h3-7,10H,8H2,1-2H3,(H,18,19)(H,20,21). The SMILES string of the molecule is Cc1oc(CNC(=O)C(C)Oc2ccc(Br)cc2)cc1C(=O)O. The second-order valence-corrected chi connectivity index (χ2v) is 5.84. The van der Waals surface area contributed by atoms with E-state index in [9.17, 15) is 9.59 Å². The van der Waals surface area contributed by atoms with Crippen molar-refractivity contribution < 1.29 is 23.8 Å². The van der Waals surface area contributed by atoms with Gasteiger partial charge in [0.15, 0.2) is 6.10 Å². The highest BCUT2D eigenvalue weighted by molar-refractivity contribution is 9.10. The van der Waals surface area contributed by atoms with E-state index in [2.05, 4.69) is 21.2 Å². The largest absolute Gasteiger partial charge is 0.481 e. The quantitative estimate of drug-likeness (QED) is 0.802. The van der Waals surface area contributed by atoms with Gasteiger partial charge < -0.3 is 19.6 Å². The summed E-state index contributed by atoms with van der Waals surface area (Å²) in [6.07, 6.45) is -0.689. The molecule has 0 bridgehead atoms. The summed E-state index contributed by atoms with van der Waals surface area (Å²) in [5.41, 5.74) is 0.0911. The molecule has 6 nitrogen and oxygen atoms in total. The van der Waals surface area contributed by atoms with E-state index in [4.69, 9.17) is 14.3 Å². The summed E-state index contributed by atoms with van der Waals surface area (Å²) >= 11 is 3.32. The summed E-state index contributed by atoms with van der Waals surface area (Å²) in [5.74, 6) is -0.113. The van der Waals surface area contributed by atoms with E-state index in [0.717, 1.165) is 4.47 Å². The third-order valence-corrected chi connectivity index (χ3v) is 3.66. The summed E-state index contributed by atoms with van der Waals surface area (Å²) in [5, 5.41) is 11.6. The van der Waals surface area contributed by atoms with E-state index >= 15 is 0 Å². The van der Waals surface area contributed by atoms with Gasteiger partial charge in [0, 0.05) is 4.47 Å². The molecule has 0 fully saturated rings. The number of carboxylic acids is 1. The van der Waals surface area contributed by atoms with Crippen LogP contribution in [0, 0.1) is 6.92 Å². The summed E-state index contributed by atoms with van der Waals surface area (Å²) < 4.78 is 11.7. The number of benzene rings is 1. The van der Waals surface area contributed by atoms with Gasteiger partial charge in [-0.2, -0.15) is 0 Å².